The summed E-state index contributed by atoms with van der Waals surface area (Å²) in [5.74, 6) is 2.83. The molecule has 0 radical (unpaired) electrons. The first-order valence-corrected chi connectivity index (χ1v) is 6.50. The molecule has 3 rings (SSSR count). The van der Waals surface area contributed by atoms with Gasteiger partial charge in [0.2, 0.25) is 0 Å². The van der Waals surface area contributed by atoms with Crippen LogP contribution in [0.25, 0.3) is 0 Å². The molecule has 5 atom stereocenters. The van der Waals surface area contributed by atoms with Gasteiger partial charge < -0.3 is 4.74 Å². The van der Waals surface area contributed by atoms with Gasteiger partial charge in [0.15, 0.2) is 0 Å². The summed E-state index contributed by atoms with van der Waals surface area (Å²) >= 11 is 0. The van der Waals surface area contributed by atoms with Crippen molar-refractivity contribution in [3.63, 3.8) is 0 Å². The average molecular weight is 194 g/mol. The Morgan fingerprint density at radius 1 is 0.857 bits per heavy atom. The lowest BCUT2D eigenvalue weighted by Gasteiger charge is -2.32. The third-order valence-electron chi connectivity index (χ3n) is 4.75. The molecule has 0 N–H and O–H groups in total. The zero-order chi connectivity index (χ0) is 9.54. The molecule has 3 fully saturated rings. The highest BCUT2D eigenvalue weighted by atomic mass is 16.5. The van der Waals surface area contributed by atoms with Gasteiger partial charge in [-0.1, -0.05) is 19.8 Å². The molecular formula is C13H22O. The maximum absolute atomic E-state index is 6.22. The summed E-state index contributed by atoms with van der Waals surface area (Å²) in [5, 5.41) is 0. The van der Waals surface area contributed by atoms with Crippen molar-refractivity contribution in [3.8, 4) is 0 Å². The highest BCUT2D eigenvalue weighted by molar-refractivity contribution is 4.95. The van der Waals surface area contributed by atoms with Gasteiger partial charge in [-0.3, -0.25) is 0 Å². The van der Waals surface area contributed by atoms with Crippen LogP contribution in [0.1, 0.15) is 51.9 Å². The lowest BCUT2D eigenvalue weighted by Crippen LogP contribution is -2.29. The summed E-state index contributed by atoms with van der Waals surface area (Å²) in [7, 11) is 0. The second-order valence-electron chi connectivity index (χ2n) is 5.74. The van der Waals surface area contributed by atoms with E-state index in [-0.39, 0.29) is 0 Å². The zero-order valence-electron chi connectivity index (χ0n) is 9.24. The Morgan fingerprint density at radius 3 is 2.57 bits per heavy atom. The topological polar surface area (TPSA) is 9.23 Å². The van der Waals surface area contributed by atoms with Gasteiger partial charge in [0.25, 0.3) is 0 Å². The molecule has 1 heterocycles. The Hall–Kier alpha value is -0.0400. The third kappa shape index (κ3) is 1.41. The Bertz CT molecular complexity index is 213. The first-order valence-electron chi connectivity index (χ1n) is 6.50. The van der Waals surface area contributed by atoms with Crippen molar-refractivity contribution in [2.75, 3.05) is 0 Å². The smallest absolute Gasteiger partial charge is 0.0611 e. The van der Waals surface area contributed by atoms with Crippen LogP contribution in [0.3, 0.4) is 0 Å². The number of hydrogen-bond acceptors (Lipinski definition) is 1. The van der Waals surface area contributed by atoms with Crippen molar-refractivity contribution >= 4 is 0 Å². The highest BCUT2D eigenvalue weighted by Gasteiger charge is 2.46. The molecule has 0 aromatic heterocycles. The molecule has 2 aliphatic carbocycles. The average Bonchev–Trinajstić information content (AvgIpc) is 2.56. The minimum absolute atomic E-state index is 0.652. The molecule has 14 heavy (non-hydrogen) atoms. The fourth-order valence-corrected chi connectivity index (χ4v) is 4.03. The molecular weight excluding hydrogens is 172 g/mol. The van der Waals surface area contributed by atoms with E-state index in [1.807, 2.05) is 0 Å². The number of fused-ring (bicyclic) bond motifs is 3. The van der Waals surface area contributed by atoms with E-state index in [0.29, 0.717) is 12.2 Å². The monoisotopic (exact) mass is 194 g/mol. The summed E-state index contributed by atoms with van der Waals surface area (Å²) in [5.41, 5.74) is 0. The largest absolute Gasteiger partial charge is 0.374 e. The van der Waals surface area contributed by atoms with Gasteiger partial charge in [0.05, 0.1) is 12.2 Å². The number of hydrogen-bond donors (Lipinski definition) is 0. The molecule has 1 nitrogen and oxygen atoms in total. The lowest BCUT2D eigenvalue weighted by molar-refractivity contribution is 0.00159. The second kappa shape index (κ2) is 3.52. The summed E-state index contributed by atoms with van der Waals surface area (Å²) in [6, 6.07) is 0. The Labute approximate surface area is 87.2 Å². The maximum Gasteiger partial charge on any atom is 0.0611 e. The van der Waals surface area contributed by atoms with Crippen molar-refractivity contribution in [2.24, 2.45) is 17.8 Å². The molecule has 2 saturated carbocycles. The zero-order valence-corrected chi connectivity index (χ0v) is 9.24. The quantitative estimate of drug-likeness (QED) is 0.574. The van der Waals surface area contributed by atoms with Crippen molar-refractivity contribution in [1.82, 2.24) is 0 Å². The van der Waals surface area contributed by atoms with Gasteiger partial charge in [0, 0.05) is 0 Å². The predicted octanol–water partition coefficient (Wildman–Crippen LogP) is 3.38. The second-order valence-corrected chi connectivity index (χ2v) is 5.74. The van der Waals surface area contributed by atoms with Gasteiger partial charge in [-0.2, -0.15) is 0 Å². The summed E-state index contributed by atoms with van der Waals surface area (Å²) in [6.45, 7) is 2.42. The predicted molar refractivity (Wildman–Crippen MR) is 57.1 cm³/mol. The maximum atomic E-state index is 6.22. The molecule has 80 valence electrons. The molecule has 0 aromatic carbocycles. The summed E-state index contributed by atoms with van der Waals surface area (Å²) in [6.07, 6.45) is 11.2. The van der Waals surface area contributed by atoms with Gasteiger partial charge in [0.1, 0.15) is 0 Å². The third-order valence-corrected chi connectivity index (χ3v) is 4.75. The van der Waals surface area contributed by atoms with Crippen molar-refractivity contribution in [3.05, 3.63) is 0 Å². The Balaban J connectivity index is 1.75. The van der Waals surface area contributed by atoms with Crippen LogP contribution in [0.15, 0.2) is 0 Å². The summed E-state index contributed by atoms with van der Waals surface area (Å²) in [4.78, 5) is 0. The standard InChI is InChI=1S/C13H22O/c1-9-6-7-13-11(8-9)10-4-2-3-5-12(10)14-13/h9-13H,2-8H2,1H3. The normalized spacial score (nSPS) is 52.5. The fraction of sp³-hybridized carbons (Fsp3) is 1.00. The van der Waals surface area contributed by atoms with E-state index >= 15 is 0 Å². The number of rotatable bonds is 0. The summed E-state index contributed by atoms with van der Waals surface area (Å²) < 4.78 is 6.22. The van der Waals surface area contributed by atoms with Crippen molar-refractivity contribution in [2.45, 2.75) is 64.1 Å². The van der Waals surface area contributed by atoms with Gasteiger partial charge in [-0.05, 0) is 49.9 Å². The van der Waals surface area contributed by atoms with E-state index < -0.39 is 0 Å². The molecule has 0 spiro atoms. The van der Waals surface area contributed by atoms with E-state index in [9.17, 15) is 0 Å². The van der Waals surface area contributed by atoms with Crippen molar-refractivity contribution < 1.29 is 4.74 Å². The minimum atomic E-state index is 0.652. The van der Waals surface area contributed by atoms with E-state index in [1.165, 1.54) is 44.9 Å². The van der Waals surface area contributed by atoms with Gasteiger partial charge in [-0.15, -0.1) is 0 Å². The molecule has 0 aromatic rings. The first-order chi connectivity index (χ1) is 6.84. The van der Waals surface area contributed by atoms with E-state index in [1.54, 1.807) is 0 Å². The van der Waals surface area contributed by atoms with Gasteiger partial charge in [-0.25, -0.2) is 0 Å². The molecule has 3 aliphatic rings. The lowest BCUT2D eigenvalue weighted by atomic mass is 9.71. The van der Waals surface area contributed by atoms with Crippen LogP contribution < -0.4 is 0 Å². The molecule has 1 saturated heterocycles. The van der Waals surface area contributed by atoms with E-state index in [0.717, 1.165) is 17.8 Å². The Morgan fingerprint density at radius 2 is 1.64 bits per heavy atom. The molecule has 5 unspecified atom stereocenters. The fourth-order valence-electron chi connectivity index (χ4n) is 4.03. The van der Waals surface area contributed by atoms with Crippen LogP contribution in [0.5, 0.6) is 0 Å². The van der Waals surface area contributed by atoms with Crippen LogP contribution in [-0.4, -0.2) is 12.2 Å². The van der Waals surface area contributed by atoms with Crippen LogP contribution >= 0.6 is 0 Å². The molecule has 0 amide bonds. The highest BCUT2D eigenvalue weighted by Crippen LogP contribution is 2.48. The number of ether oxygens (including phenoxy) is 1. The molecule has 0 bridgehead atoms. The van der Waals surface area contributed by atoms with E-state index in [2.05, 4.69) is 6.92 Å². The SMILES string of the molecule is CC1CCC2OC3CCCCC3C2C1. The molecule has 1 heteroatoms. The van der Waals surface area contributed by atoms with Crippen LogP contribution in [0, 0.1) is 17.8 Å². The van der Waals surface area contributed by atoms with Crippen LogP contribution in [0.2, 0.25) is 0 Å². The molecule has 1 aliphatic heterocycles. The van der Waals surface area contributed by atoms with Crippen LogP contribution in [0.4, 0.5) is 0 Å². The Kier molecular flexibility index (Phi) is 2.31. The van der Waals surface area contributed by atoms with Crippen molar-refractivity contribution in [1.29, 1.82) is 0 Å². The minimum Gasteiger partial charge on any atom is -0.374 e. The van der Waals surface area contributed by atoms with Gasteiger partial charge >= 0.3 is 0 Å². The van der Waals surface area contributed by atoms with Crippen LogP contribution in [-0.2, 0) is 4.74 Å². The van der Waals surface area contributed by atoms with E-state index in [4.69, 9.17) is 4.74 Å². The first kappa shape index (κ1) is 9.21.